The molecule has 0 fully saturated rings. The Hall–Kier alpha value is -2.73. The number of aliphatic hydroxyl groups is 1. The predicted molar refractivity (Wildman–Crippen MR) is 101 cm³/mol. The molecule has 0 aliphatic rings. The van der Waals surface area contributed by atoms with Crippen LogP contribution in [0.5, 0.6) is 0 Å². The van der Waals surface area contributed by atoms with E-state index in [1.54, 1.807) is 13.0 Å². The second-order valence-corrected chi connectivity index (χ2v) is 5.71. The summed E-state index contributed by atoms with van der Waals surface area (Å²) in [6, 6.07) is 9.82. The van der Waals surface area contributed by atoms with Gasteiger partial charge in [-0.2, -0.15) is 0 Å². The van der Waals surface area contributed by atoms with Gasteiger partial charge in [-0.05, 0) is 38.2 Å². The first-order valence-electron chi connectivity index (χ1n) is 8.37. The number of aliphatic hydroxyl groups excluding tert-OH is 1. The lowest BCUT2D eigenvalue weighted by molar-refractivity contribution is 0.342. The second kappa shape index (κ2) is 9.54. The van der Waals surface area contributed by atoms with Gasteiger partial charge in [0.1, 0.15) is 5.69 Å². The van der Waals surface area contributed by atoms with Gasteiger partial charge in [0.15, 0.2) is 0 Å². The van der Waals surface area contributed by atoms with Crippen LogP contribution < -0.4 is 11.3 Å². The highest BCUT2D eigenvalue weighted by Crippen LogP contribution is 2.17. The molecular formula is C19H24N4O2. The molecular weight excluding hydrogens is 316 g/mol. The Bertz CT molecular complexity index is 795. The molecule has 1 heterocycles. The van der Waals surface area contributed by atoms with Crippen LogP contribution in [0.2, 0.25) is 0 Å². The molecule has 0 spiro atoms. The molecule has 4 N–H and O–H groups in total. The smallest absolute Gasteiger partial charge is 0.278 e. The topological polar surface area (TPSA) is 104 Å². The average Bonchev–Trinajstić information content (AvgIpc) is 2.59. The van der Waals surface area contributed by atoms with Crippen molar-refractivity contribution in [1.29, 1.82) is 0 Å². The van der Waals surface area contributed by atoms with Crippen LogP contribution in [-0.2, 0) is 0 Å². The number of hydrogen-bond donors (Lipinski definition) is 3. The normalized spacial score (nSPS) is 12.0. The summed E-state index contributed by atoms with van der Waals surface area (Å²) in [5, 5.41) is 8.74. The molecule has 132 valence electrons. The van der Waals surface area contributed by atoms with Gasteiger partial charge < -0.3 is 10.8 Å². The third kappa shape index (κ3) is 5.69. The summed E-state index contributed by atoms with van der Waals surface area (Å²) in [7, 11) is 0. The lowest BCUT2D eigenvalue weighted by Gasteiger charge is -2.08. The van der Waals surface area contributed by atoms with Crippen molar-refractivity contribution in [1.82, 2.24) is 9.97 Å². The van der Waals surface area contributed by atoms with E-state index in [9.17, 15) is 4.79 Å². The van der Waals surface area contributed by atoms with E-state index in [2.05, 4.69) is 15.0 Å². The third-order valence-electron chi connectivity index (χ3n) is 3.75. The molecule has 0 amide bonds. The summed E-state index contributed by atoms with van der Waals surface area (Å²) in [6.07, 6.45) is 7.29. The second-order valence-electron chi connectivity index (χ2n) is 5.71. The van der Waals surface area contributed by atoms with Gasteiger partial charge in [-0.3, -0.25) is 9.78 Å². The van der Waals surface area contributed by atoms with Crippen molar-refractivity contribution in [2.24, 2.45) is 4.99 Å². The van der Waals surface area contributed by atoms with Crippen molar-refractivity contribution in [3.05, 3.63) is 64.1 Å². The van der Waals surface area contributed by atoms with E-state index in [1.807, 2.05) is 36.4 Å². The molecule has 6 heteroatoms. The molecule has 0 aliphatic carbocycles. The van der Waals surface area contributed by atoms with Crippen LogP contribution in [0, 0.1) is 6.92 Å². The number of nitrogen functional groups attached to an aromatic ring is 1. The standard InChI is InChI=1S/C19H24N4O2/c1-14-17(18(25)23-19(20)21-14)22-16(15-10-6-5-7-11-15)12-8-3-2-4-9-13-24/h4-7,9-11,24H,2-3,8,12-13H2,1H3,(H3,20,21,23,25). The summed E-state index contributed by atoms with van der Waals surface area (Å²) in [4.78, 5) is 23.4. The van der Waals surface area contributed by atoms with Gasteiger partial charge in [0, 0.05) is 5.71 Å². The highest BCUT2D eigenvalue weighted by atomic mass is 16.2. The first kappa shape index (κ1) is 18.6. The van der Waals surface area contributed by atoms with E-state index in [1.165, 1.54) is 0 Å². The molecule has 0 bridgehead atoms. The van der Waals surface area contributed by atoms with E-state index in [-0.39, 0.29) is 18.1 Å². The predicted octanol–water partition coefficient (Wildman–Crippen LogP) is 2.89. The summed E-state index contributed by atoms with van der Waals surface area (Å²) in [5.41, 5.74) is 7.90. The van der Waals surface area contributed by atoms with Crippen LogP contribution in [-0.4, -0.2) is 27.4 Å². The third-order valence-corrected chi connectivity index (χ3v) is 3.75. The highest BCUT2D eigenvalue weighted by Gasteiger charge is 2.09. The SMILES string of the molecule is Cc1nc(N)[nH]c(=O)c1N=C(CCCCC=CCO)c1ccccc1. The number of aromatic amines is 1. The van der Waals surface area contributed by atoms with Crippen LogP contribution in [0.25, 0.3) is 0 Å². The van der Waals surface area contributed by atoms with Crippen molar-refractivity contribution < 1.29 is 5.11 Å². The van der Waals surface area contributed by atoms with Gasteiger partial charge >= 0.3 is 0 Å². The Balaban J connectivity index is 2.23. The number of allylic oxidation sites excluding steroid dienone is 1. The first-order valence-corrected chi connectivity index (χ1v) is 8.37. The lowest BCUT2D eigenvalue weighted by atomic mass is 10.0. The number of nitrogens with one attached hydrogen (secondary N) is 1. The van der Waals surface area contributed by atoms with Gasteiger partial charge in [0.25, 0.3) is 5.56 Å². The van der Waals surface area contributed by atoms with E-state index < -0.39 is 0 Å². The molecule has 1 aromatic heterocycles. The molecule has 2 aromatic rings. The number of aryl methyl sites for hydroxylation is 1. The average molecular weight is 340 g/mol. The number of nitrogens with zero attached hydrogens (tertiary/aromatic N) is 2. The fourth-order valence-electron chi connectivity index (χ4n) is 2.51. The van der Waals surface area contributed by atoms with Crippen molar-refractivity contribution >= 4 is 17.3 Å². The number of hydrogen-bond acceptors (Lipinski definition) is 5. The maximum atomic E-state index is 12.2. The first-order chi connectivity index (χ1) is 12.1. The Labute approximate surface area is 147 Å². The minimum atomic E-state index is -0.329. The van der Waals surface area contributed by atoms with Gasteiger partial charge in [-0.15, -0.1) is 0 Å². The fourth-order valence-corrected chi connectivity index (χ4v) is 2.51. The summed E-state index contributed by atoms with van der Waals surface area (Å²) in [6.45, 7) is 1.80. The minimum absolute atomic E-state index is 0.0723. The number of aromatic nitrogens is 2. The van der Waals surface area contributed by atoms with E-state index >= 15 is 0 Å². The zero-order valence-electron chi connectivity index (χ0n) is 14.4. The van der Waals surface area contributed by atoms with Gasteiger partial charge in [0.05, 0.1) is 12.3 Å². The minimum Gasteiger partial charge on any atom is -0.392 e. The van der Waals surface area contributed by atoms with Gasteiger partial charge in [-0.25, -0.2) is 9.98 Å². The Morgan fingerprint density at radius 3 is 2.72 bits per heavy atom. The number of anilines is 1. The molecule has 0 aliphatic heterocycles. The molecule has 1 aromatic carbocycles. The molecule has 2 rings (SSSR count). The van der Waals surface area contributed by atoms with Crippen LogP contribution in [0.4, 0.5) is 11.6 Å². The Kier molecular flexibility index (Phi) is 7.10. The van der Waals surface area contributed by atoms with Gasteiger partial charge in [0.2, 0.25) is 5.95 Å². The molecule has 0 saturated heterocycles. The van der Waals surface area contributed by atoms with Crippen molar-refractivity contribution in [3.63, 3.8) is 0 Å². The van der Waals surface area contributed by atoms with E-state index in [4.69, 9.17) is 10.8 Å². The number of nitrogens with two attached hydrogens (primary N) is 1. The highest BCUT2D eigenvalue weighted by molar-refractivity contribution is 6.02. The number of H-pyrrole nitrogens is 1. The van der Waals surface area contributed by atoms with Crippen LogP contribution in [0.3, 0.4) is 0 Å². The van der Waals surface area contributed by atoms with E-state index in [0.717, 1.165) is 37.0 Å². The molecule has 0 radical (unpaired) electrons. The zero-order chi connectivity index (χ0) is 18.1. The largest absolute Gasteiger partial charge is 0.392 e. The molecule has 0 atom stereocenters. The van der Waals surface area contributed by atoms with Crippen molar-refractivity contribution in [3.8, 4) is 0 Å². The van der Waals surface area contributed by atoms with Gasteiger partial charge in [-0.1, -0.05) is 42.5 Å². The quantitative estimate of drug-likeness (QED) is 0.390. The number of rotatable bonds is 8. The summed E-state index contributed by atoms with van der Waals surface area (Å²) < 4.78 is 0. The molecule has 0 saturated carbocycles. The van der Waals surface area contributed by atoms with Crippen molar-refractivity contribution in [2.45, 2.75) is 32.6 Å². The van der Waals surface area contributed by atoms with E-state index in [0.29, 0.717) is 11.4 Å². The van der Waals surface area contributed by atoms with Crippen LogP contribution in [0.1, 0.15) is 36.9 Å². The van der Waals surface area contributed by atoms with Crippen LogP contribution >= 0.6 is 0 Å². The number of unbranched alkanes of at least 4 members (excludes halogenated alkanes) is 2. The maximum Gasteiger partial charge on any atom is 0.278 e. The Morgan fingerprint density at radius 1 is 1.28 bits per heavy atom. The lowest BCUT2D eigenvalue weighted by Crippen LogP contribution is -2.13. The number of benzene rings is 1. The maximum absolute atomic E-state index is 12.2. The molecule has 6 nitrogen and oxygen atoms in total. The Morgan fingerprint density at radius 2 is 2.04 bits per heavy atom. The van der Waals surface area contributed by atoms with Crippen LogP contribution in [0.15, 0.2) is 52.3 Å². The zero-order valence-corrected chi connectivity index (χ0v) is 14.4. The number of aliphatic imine (C=N–C) groups is 1. The van der Waals surface area contributed by atoms with Crippen molar-refractivity contribution in [2.75, 3.05) is 12.3 Å². The summed E-state index contributed by atoms with van der Waals surface area (Å²) in [5.74, 6) is 0.0957. The monoisotopic (exact) mass is 340 g/mol. The molecule has 0 unspecified atom stereocenters. The molecule has 25 heavy (non-hydrogen) atoms. The fraction of sp³-hybridized carbons (Fsp3) is 0.316. The summed E-state index contributed by atoms with van der Waals surface area (Å²) >= 11 is 0.